The molecule has 0 aliphatic rings. The Morgan fingerprint density at radius 3 is 2.22 bits per heavy atom. The second-order valence-electron chi connectivity index (χ2n) is 3.39. The summed E-state index contributed by atoms with van der Waals surface area (Å²) < 4.78 is 35.7. The minimum Gasteiger partial charge on any atom is -0.480 e. The number of ketones is 1. The Morgan fingerprint density at radius 2 is 1.89 bits per heavy atom. The zero-order valence-corrected chi connectivity index (χ0v) is 9.25. The molecule has 9 heteroatoms. The predicted octanol–water partition coefficient (Wildman–Crippen LogP) is -0.0602. The minimum atomic E-state index is -5.04. The number of allylic oxidation sites excluding steroid dienone is 2. The highest BCUT2D eigenvalue weighted by molar-refractivity contribution is 5.95. The summed E-state index contributed by atoms with van der Waals surface area (Å²) in [5.41, 5.74) is 4.44. The van der Waals surface area contributed by atoms with E-state index in [1.165, 1.54) is 0 Å². The van der Waals surface area contributed by atoms with Crippen LogP contribution in [0.2, 0.25) is 0 Å². The van der Waals surface area contributed by atoms with E-state index in [0.29, 0.717) is 0 Å². The highest BCUT2D eigenvalue weighted by atomic mass is 19.4. The molecular weight excluding hydrogens is 257 g/mol. The number of carbonyl (C=O) groups excluding carboxylic acids is 2. The predicted molar refractivity (Wildman–Crippen MR) is 53.2 cm³/mol. The summed E-state index contributed by atoms with van der Waals surface area (Å²) in [6, 6.07) is -1.49. The van der Waals surface area contributed by atoms with Gasteiger partial charge in [-0.3, -0.25) is 9.59 Å². The van der Waals surface area contributed by atoms with Crippen LogP contribution in [0.25, 0.3) is 0 Å². The number of carboxylic acid groups (broad SMARTS) is 1. The van der Waals surface area contributed by atoms with Gasteiger partial charge < -0.3 is 16.2 Å². The van der Waals surface area contributed by atoms with E-state index in [0.717, 1.165) is 6.92 Å². The van der Waals surface area contributed by atoms with E-state index in [4.69, 9.17) is 10.8 Å². The number of amides is 1. The van der Waals surface area contributed by atoms with E-state index < -0.39 is 36.3 Å². The Labute approximate surface area is 99.6 Å². The van der Waals surface area contributed by atoms with Crippen molar-refractivity contribution in [3.8, 4) is 0 Å². The number of rotatable bonds is 6. The van der Waals surface area contributed by atoms with Gasteiger partial charge in [-0.2, -0.15) is 13.2 Å². The largest absolute Gasteiger partial charge is 0.480 e. The molecule has 0 aliphatic heterocycles. The molecule has 4 N–H and O–H groups in total. The number of nitrogens with one attached hydrogen (secondary N) is 1. The summed E-state index contributed by atoms with van der Waals surface area (Å²) in [6.45, 7) is 1.07. The molecule has 1 amide bonds. The van der Waals surface area contributed by atoms with Crippen molar-refractivity contribution in [1.29, 1.82) is 0 Å². The molecule has 0 bridgehead atoms. The van der Waals surface area contributed by atoms with Gasteiger partial charge in [0.2, 0.25) is 5.91 Å². The van der Waals surface area contributed by atoms with Crippen molar-refractivity contribution in [2.24, 2.45) is 5.73 Å². The molecule has 0 unspecified atom stereocenters. The number of nitrogens with two attached hydrogens (primary N) is 1. The Hall–Kier alpha value is -2.06. The summed E-state index contributed by atoms with van der Waals surface area (Å²) in [5, 5.41) is 10.8. The van der Waals surface area contributed by atoms with Gasteiger partial charge in [0.1, 0.15) is 6.04 Å². The molecule has 0 aliphatic carbocycles. The summed E-state index contributed by atoms with van der Waals surface area (Å²) in [7, 11) is 0. The topological polar surface area (TPSA) is 109 Å². The van der Waals surface area contributed by atoms with Gasteiger partial charge in [-0.05, 0) is 6.92 Å². The molecular formula is C9H11F3N2O4. The zero-order chi connectivity index (χ0) is 14.5. The van der Waals surface area contributed by atoms with Crippen molar-refractivity contribution >= 4 is 17.7 Å². The molecule has 18 heavy (non-hydrogen) atoms. The standard InChI is InChI=1S/C9H11F3N2O4/c1-4(2-6(15)9(10,11)12)14-5(8(17)18)3-7(13)16/h2,5,14H,3H2,1H3,(H2,13,16)(H,17,18)/b4-2-/t5-/m0/s1. The SMILES string of the molecule is C/C(=C/C(=O)C(F)(F)F)N[C@@H](CC(N)=O)C(=O)O. The average Bonchev–Trinajstić information content (AvgIpc) is 2.13. The number of aliphatic carboxylic acids is 1. The number of carbonyl (C=O) groups is 3. The molecule has 0 radical (unpaired) electrons. The van der Waals surface area contributed by atoms with E-state index in [1.807, 2.05) is 0 Å². The van der Waals surface area contributed by atoms with Crippen LogP contribution in [0.1, 0.15) is 13.3 Å². The first kappa shape index (κ1) is 15.9. The zero-order valence-electron chi connectivity index (χ0n) is 9.25. The summed E-state index contributed by atoms with van der Waals surface area (Å²) in [6.07, 6.45) is -5.44. The van der Waals surface area contributed by atoms with Gasteiger partial charge in [0.05, 0.1) is 6.42 Å². The third kappa shape index (κ3) is 5.87. The van der Waals surface area contributed by atoms with Crippen LogP contribution in [0.15, 0.2) is 11.8 Å². The quantitative estimate of drug-likeness (QED) is 0.584. The van der Waals surface area contributed by atoms with E-state index >= 15 is 0 Å². The van der Waals surface area contributed by atoms with Gasteiger partial charge in [0.25, 0.3) is 5.78 Å². The van der Waals surface area contributed by atoms with Crippen LogP contribution < -0.4 is 11.1 Å². The first-order valence-corrected chi connectivity index (χ1v) is 4.61. The van der Waals surface area contributed by atoms with Crippen molar-refractivity contribution in [3.63, 3.8) is 0 Å². The minimum absolute atomic E-state index is 0.205. The van der Waals surface area contributed by atoms with Crippen LogP contribution in [0, 0.1) is 0 Å². The fraction of sp³-hybridized carbons (Fsp3) is 0.444. The van der Waals surface area contributed by atoms with Crippen molar-refractivity contribution in [1.82, 2.24) is 5.32 Å². The molecule has 0 fully saturated rings. The van der Waals surface area contributed by atoms with Gasteiger partial charge in [-0.1, -0.05) is 0 Å². The van der Waals surface area contributed by atoms with Crippen molar-refractivity contribution < 1.29 is 32.7 Å². The van der Waals surface area contributed by atoms with E-state index in [9.17, 15) is 27.6 Å². The van der Waals surface area contributed by atoms with E-state index in [2.05, 4.69) is 5.32 Å². The number of carboxylic acids is 1. The molecule has 0 aromatic rings. The molecule has 0 saturated carbocycles. The molecule has 102 valence electrons. The van der Waals surface area contributed by atoms with Gasteiger partial charge in [-0.15, -0.1) is 0 Å². The maximum absolute atomic E-state index is 11.9. The van der Waals surface area contributed by atoms with Crippen molar-refractivity contribution in [2.45, 2.75) is 25.6 Å². The lowest BCUT2D eigenvalue weighted by Gasteiger charge is -2.14. The number of alkyl halides is 3. The monoisotopic (exact) mass is 268 g/mol. The van der Waals surface area contributed by atoms with Crippen LogP contribution in [0.5, 0.6) is 0 Å². The molecule has 6 nitrogen and oxygen atoms in total. The number of halogens is 3. The van der Waals surface area contributed by atoms with Crippen LogP contribution >= 0.6 is 0 Å². The number of primary amides is 1. The lowest BCUT2D eigenvalue weighted by molar-refractivity contribution is -0.165. The Kier molecular flexibility index (Phi) is 5.34. The maximum Gasteiger partial charge on any atom is 0.454 e. The van der Waals surface area contributed by atoms with E-state index in [1.54, 1.807) is 0 Å². The Bertz CT molecular complexity index is 390. The van der Waals surface area contributed by atoms with Crippen LogP contribution in [-0.4, -0.2) is 35.0 Å². The van der Waals surface area contributed by atoms with Crippen LogP contribution in [0.3, 0.4) is 0 Å². The number of hydrogen-bond donors (Lipinski definition) is 3. The number of hydrogen-bond acceptors (Lipinski definition) is 4. The lowest BCUT2D eigenvalue weighted by atomic mass is 10.2. The normalized spacial score (nSPS) is 13.9. The van der Waals surface area contributed by atoms with Crippen molar-refractivity contribution in [2.75, 3.05) is 0 Å². The fourth-order valence-electron chi connectivity index (χ4n) is 0.996. The average molecular weight is 268 g/mol. The lowest BCUT2D eigenvalue weighted by Crippen LogP contribution is -2.39. The smallest absolute Gasteiger partial charge is 0.454 e. The third-order valence-corrected chi connectivity index (χ3v) is 1.73. The summed E-state index contributed by atoms with van der Waals surface area (Å²) in [4.78, 5) is 31.7. The highest BCUT2D eigenvalue weighted by Crippen LogP contribution is 2.17. The van der Waals surface area contributed by atoms with Gasteiger partial charge in [0.15, 0.2) is 0 Å². The fourth-order valence-corrected chi connectivity index (χ4v) is 0.996. The molecule has 0 aromatic heterocycles. The summed E-state index contributed by atoms with van der Waals surface area (Å²) in [5.74, 6) is -4.54. The first-order chi connectivity index (χ1) is 8.04. The Morgan fingerprint density at radius 1 is 1.39 bits per heavy atom. The molecule has 0 spiro atoms. The van der Waals surface area contributed by atoms with Gasteiger partial charge >= 0.3 is 12.1 Å². The molecule has 0 rings (SSSR count). The molecule has 0 aromatic carbocycles. The van der Waals surface area contributed by atoms with E-state index in [-0.39, 0.29) is 11.8 Å². The van der Waals surface area contributed by atoms with Crippen LogP contribution in [0.4, 0.5) is 13.2 Å². The molecule has 0 saturated heterocycles. The third-order valence-electron chi connectivity index (χ3n) is 1.73. The van der Waals surface area contributed by atoms with Gasteiger partial charge in [-0.25, -0.2) is 4.79 Å². The van der Waals surface area contributed by atoms with Crippen molar-refractivity contribution in [3.05, 3.63) is 11.8 Å². The molecule has 0 heterocycles. The first-order valence-electron chi connectivity index (χ1n) is 4.61. The van der Waals surface area contributed by atoms with Crippen LogP contribution in [-0.2, 0) is 14.4 Å². The second-order valence-corrected chi connectivity index (χ2v) is 3.39. The van der Waals surface area contributed by atoms with Gasteiger partial charge in [0, 0.05) is 11.8 Å². The Balaban J connectivity index is 4.75. The maximum atomic E-state index is 11.9. The molecule has 1 atom stereocenters. The summed E-state index contributed by atoms with van der Waals surface area (Å²) >= 11 is 0. The second kappa shape index (κ2) is 6.03. The highest BCUT2D eigenvalue weighted by Gasteiger charge is 2.36.